The largest absolute Gasteiger partial charge is 0.369 e. The molecule has 4 rings (SSSR count). The van der Waals surface area contributed by atoms with E-state index in [9.17, 15) is 14.4 Å². The number of hydrogen-bond acceptors (Lipinski definition) is 5. The third-order valence-corrected chi connectivity index (χ3v) is 6.17. The van der Waals surface area contributed by atoms with Gasteiger partial charge in [-0.15, -0.1) is 0 Å². The highest BCUT2D eigenvalue weighted by Gasteiger charge is 2.32. The van der Waals surface area contributed by atoms with Gasteiger partial charge in [0.25, 0.3) is 11.5 Å². The second kappa shape index (κ2) is 8.67. The molecule has 7 nitrogen and oxygen atoms in total. The molecule has 1 aliphatic carbocycles. The third kappa shape index (κ3) is 4.88. The Kier molecular flexibility index (Phi) is 5.96. The van der Waals surface area contributed by atoms with Crippen molar-refractivity contribution in [3.63, 3.8) is 0 Å². The summed E-state index contributed by atoms with van der Waals surface area (Å²) in [6.07, 6.45) is 1.04. The first-order valence-electron chi connectivity index (χ1n) is 10.9. The average molecular weight is 423 g/mol. The highest BCUT2D eigenvalue weighted by atomic mass is 16.2. The molecule has 0 unspecified atom stereocenters. The van der Waals surface area contributed by atoms with Crippen molar-refractivity contribution < 1.29 is 9.59 Å². The molecule has 1 aliphatic heterocycles. The van der Waals surface area contributed by atoms with Gasteiger partial charge in [-0.3, -0.25) is 19.3 Å². The Balaban J connectivity index is 1.30. The van der Waals surface area contributed by atoms with Crippen LogP contribution in [0.15, 0.2) is 41.2 Å². The number of carbonyl (C=O) groups excluding carboxylic acids is 2. The van der Waals surface area contributed by atoms with E-state index in [1.165, 1.54) is 11.8 Å². The van der Waals surface area contributed by atoms with Gasteiger partial charge < -0.3 is 15.2 Å². The van der Waals surface area contributed by atoms with Crippen LogP contribution in [-0.2, 0) is 6.42 Å². The van der Waals surface area contributed by atoms with Crippen molar-refractivity contribution in [2.45, 2.75) is 26.7 Å². The number of pyridine rings is 1. The number of piperazine rings is 1. The molecular weight excluding hydrogens is 392 g/mol. The van der Waals surface area contributed by atoms with Crippen molar-refractivity contribution in [3.8, 4) is 0 Å². The molecule has 31 heavy (non-hydrogen) atoms. The molecule has 0 atom stereocenters. The molecule has 0 bridgehead atoms. The Morgan fingerprint density at radius 1 is 1.06 bits per heavy atom. The van der Waals surface area contributed by atoms with Gasteiger partial charge in [0.15, 0.2) is 5.78 Å². The Morgan fingerprint density at radius 3 is 2.48 bits per heavy atom. The molecule has 2 aliphatic rings. The fourth-order valence-corrected chi connectivity index (χ4v) is 4.49. The van der Waals surface area contributed by atoms with Crippen LogP contribution in [0.25, 0.3) is 0 Å². The van der Waals surface area contributed by atoms with E-state index >= 15 is 0 Å². The van der Waals surface area contributed by atoms with Crippen molar-refractivity contribution in [1.82, 2.24) is 15.2 Å². The fourth-order valence-electron chi connectivity index (χ4n) is 4.49. The van der Waals surface area contributed by atoms with Crippen LogP contribution in [0, 0.1) is 5.41 Å². The molecule has 164 valence electrons. The number of rotatable bonds is 5. The number of anilines is 1. The second-order valence-corrected chi connectivity index (χ2v) is 9.27. The van der Waals surface area contributed by atoms with E-state index in [-0.39, 0.29) is 16.8 Å². The maximum Gasteiger partial charge on any atom is 0.261 e. The molecule has 1 aromatic carbocycles. The van der Waals surface area contributed by atoms with Gasteiger partial charge in [-0.05, 0) is 30.0 Å². The number of aromatic nitrogens is 1. The molecule has 0 radical (unpaired) electrons. The highest BCUT2D eigenvalue weighted by molar-refractivity contribution is 6.02. The third-order valence-electron chi connectivity index (χ3n) is 6.17. The minimum Gasteiger partial charge on any atom is -0.369 e. The van der Waals surface area contributed by atoms with Crippen LogP contribution in [0.2, 0.25) is 0 Å². The van der Waals surface area contributed by atoms with Crippen molar-refractivity contribution in [2.24, 2.45) is 5.41 Å². The number of benzene rings is 1. The summed E-state index contributed by atoms with van der Waals surface area (Å²) in [5.41, 5.74) is 1.75. The lowest BCUT2D eigenvalue weighted by Crippen LogP contribution is -2.48. The summed E-state index contributed by atoms with van der Waals surface area (Å²) in [5, 5.41) is 2.84. The lowest BCUT2D eigenvalue weighted by molar-refractivity contribution is 0.0910. The zero-order valence-corrected chi connectivity index (χ0v) is 18.2. The summed E-state index contributed by atoms with van der Waals surface area (Å²) in [7, 11) is 0. The number of ketones is 1. The molecule has 2 N–H and O–H groups in total. The Labute approximate surface area is 182 Å². The lowest BCUT2D eigenvalue weighted by Gasteiger charge is -2.36. The quantitative estimate of drug-likeness (QED) is 0.771. The maximum atomic E-state index is 12.6. The van der Waals surface area contributed by atoms with E-state index < -0.39 is 11.5 Å². The highest BCUT2D eigenvalue weighted by Crippen LogP contribution is 2.33. The van der Waals surface area contributed by atoms with Gasteiger partial charge in [-0.25, -0.2) is 0 Å². The molecule has 2 aromatic rings. The van der Waals surface area contributed by atoms with Crippen LogP contribution >= 0.6 is 0 Å². The van der Waals surface area contributed by atoms with Gasteiger partial charge in [0.05, 0.1) is 0 Å². The zero-order chi connectivity index (χ0) is 22.0. The minimum atomic E-state index is -0.432. The minimum absolute atomic E-state index is 0.0145. The molecule has 1 aromatic heterocycles. The number of fused-ring (bicyclic) bond motifs is 1. The van der Waals surface area contributed by atoms with Crippen LogP contribution in [0.4, 0.5) is 5.69 Å². The van der Waals surface area contributed by atoms with Gasteiger partial charge in [0.1, 0.15) is 5.56 Å². The van der Waals surface area contributed by atoms with Crippen molar-refractivity contribution in [1.29, 1.82) is 0 Å². The average Bonchev–Trinajstić information content (AvgIpc) is 2.73. The van der Waals surface area contributed by atoms with Crippen LogP contribution in [0.1, 0.15) is 46.7 Å². The molecule has 2 heterocycles. The first-order chi connectivity index (χ1) is 14.8. The summed E-state index contributed by atoms with van der Waals surface area (Å²) in [6, 6.07) is 11.8. The van der Waals surface area contributed by atoms with Crippen molar-refractivity contribution in [2.75, 3.05) is 44.2 Å². The second-order valence-electron chi connectivity index (χ2n) is 9.27. The van der Waals surface area contributed by atoms with Crippen LogP contribution in [-0.4, -0.2) is 60.8 Å². The van der Waals surface area contributed by atoms with Gasteiger partial charge in [0.2, 0.25) is 0 Å². The normalized spacial score (nSPS) is 18.5. The van der Waals surface area contributed by atoms with E-state index in [1.54, 1.807) is 0 Å². The van der Waals surface area contributed by atoms with E-state index in [1.807, 2.05) is 32.0 Å². The molecule has 1 saturated heterocycles. The molecule has 0 spiro atoms. The first-order valence-corrected chi connectivity index (χ1v) is 10.9. The Hall–Kier alpha value is -2.93. The number of nitrogens with zero attached hydrogens (tertiary/aromatic N) is 2. The van der Waals surface area contributed by atoms with Crippen LogP contribution in [0.5, 0.6) is 0 Å². The molecule has 1 amide bonds. The number of nitrogens with one attached hydrogen (secondary N) is 2. The van der Waals surface area contributed by atoms with E-state index in [0.29, 0.717) is 30.6 Å². The van der Waals surface area contributed by atoms with Crippen molar-refractivity contribution >= 4 is 17.4 Å². The van der Waals surface area contributed by atoms with Gasteiger partial charge in [0, 0.05) is 62.6 Å². The Bertz CT molecular complexity index is 1020. The standard InChI is InChI=1S/C24H30N4O3/c1-24(2)15-20-18(21(29)16-24)14-19(23(31)26-20)22(30)25-8-9-27-10-12-28(13-11-27)17-6-4-3-5-7-17/h3-7,14H,8-13,15-16H2,1-2H3,(H,25,30)(H,26,31). The molecular formula is C24H30N4O3. The molecule has 7 heteroatoms. The predicted molar refractivity (Wildman–Crippen MR) is 121 cm³/mol. The number of amides is 1. The lowest BCUT2D eigenvalue weighted by atomic mass is 9.75. The van der Waals surface area contributed by atoms with Crippen molar-refractivity contribution in [3.05, 3.63) is 63.6 Å². The maximum absolute atomic E-state index is 12.6. The topological polar surface area (TPSA) is 85.5 Å². The van der Waals surface area contributed by atoms with E-state index in [2.05, 4.69) is 32.2 Å². The monoisotopic (exact) mass is 422 g/mol. The summed E-state index contributed by atoms with van der Waals surface area (Å²) >= 11 is 0. The van der Waals surface area contributed by atoms with Gasteiger partial charge in [-0.2, -0.15) is 0 Å². The summed E-state index contributed by atoms with van der Waals surface area (Å²) in [5.74, 6) is -0.447. The summed E-state index contributed by atoms with van der Waals surface area (Å²) in [6.45, 7) is 8.94. The summed E-state index contributed by atoms with van der Waals surface area (Å²) < 4.78 is 0. The summed E-state index contributed by atoms with van der Waals surface area (Å²) in [4.78, 5) is 44.9. The number of para-hydroxylation sites is 1. The molecule has 1 fully saturated rings. The molecule has 0 saturated carbocycles. The fraction of sp³-hybridized carbons (Fsp3) is 0.458. The van der Waals surface area contributed by atoms with E-state index in [0.717, 1.165) is 32.7 Å². The number of hydrogen-bond donors (Lipinski definition) is 2. The zero-order valence-electron chi connectivity index (χ0n) is 18.2. The SMILES string of the molecule is CC1(C)CC(=O)c2cc(C(=O)NCCN3CCN(c4ccccc4)CC3)c(=O)[nH]c2C1. The Morgan fingerprint density at radius 2 is 1.77 bits per heavy atom. The number of aromatic amines is 1. The van der Waals surface area contributed by atoms with Crippen LogP contribution in [0.3, 0.4) is 0 Å². The van der Waals surface area contributed by atoms with E-state index in [4.69, 9.17) is 0 Å². The van der Waals surface area contributed by atoms with Gasteiger partial charge in [-0.1, -0.05) is 32.0 Å². The first kappa shape index (κ1) is 21.3. The smallest absolute Gasteiger partial charge is 0.261 e. The number of carbonyl (C=O) groups is 2. The number of H-pyrrole nitrogens is 1. The predicted octanol–water partition coefficient (Wildman–Crippen LogP) is 2.08. The van der Waals surface area contributed by atoms with Gasteiger partial charge >= 0.3 is 0 Å². The van der Waals surface area contributed by atoms with Crippen LogP contribution < -0.4 is 15.8 Å². The number of Topliss-reactive ketones (excluding diaryl/α,β-unsaturated/α-hetero) is 1.